The SMILES string of the molecule is C[C@H](Nc1ncccc1[N+](=O)[O-])C(=O)O.Cl. The molecule has 0 amide bonds. The first-order valence-corrected chi connectivity index (χ1v) is 4.11. The minimum Gasteiger partial charge on any atom is -0.480 e. The Balaban J connectivity index is 0.00000225. The van der Waals surface area contributed by atoms with Crippen molar-refractivity contribution in [1.29, 1.82) is 0 Å². The first kappa shape index (κ1) is 14.1. The van der Waals surface area contributed by atoms with Crippen molar-refractivity contribution in [2.45, 2.75) is 13.0 Å². The zero-order valence-electron chi connectivity index (χ0n) is 8.28. The Hall–Kier alpha value is -1.89. The summed E-state index contributed by atoms with van der Waals surface area (Å²) in [6.45, 7) is 1.38. The molecule has 0 aliphatic rings. The zero-order valence-corrected chi connectivity index (χ0v) is 9.10. The summed E-state index contributed by atoms with van der Waals surface area (Å²) in [5.74, 6) is -1.15. The smallest absolute Gasteiger partial charge is 0.325 e. The zero-order chi connectivity index (χ0) is 11.4. The van der Waals surface area contributed by atoms with Gasteiger partial charge in [0.05, 0.1) is 4.92 Å². The molecule has 1 heterocycles. The first-order valence-electron chi connectivity index (χ1n) is 4.11. The summed E-state index contributed by atoms with van der Waals surface area (Å²) in [4.78, 5) is 24.2. The largest absolute Gasteiger partial charge is 0.480 e. The molecule has 1 rings (SSSR count). The summed E-state index contributed by atoms with van der Waals surface area (Å²) in [6.07, 6.45) is 1.35. The van der Waals surface area contributed by atoms with Gasteiger partial charge in [0.1, 0.15) is 6.04 Å². The van der Waals surface area contributed by atoms with E-state index in [1.54, 1.807) is 0 Å². The van der Waals surface area contributed by atoms with E-state index in [1.165, 1.54) is 25.3 Å². The molecule has 0 aromatic carbocycles. The van der Waals surface area contributed by atoms with E-state index in [-0.39, 0.29) is 23.9 Å². The van der Waals surface area contributed by atoms with Gasteiger partial charge in [-0.1, -0.05) is 0 Å². The van der Waals surface area contributed by atoms with Crippen LogP contribution in [0.4, 0.5) is 11.5 Å². The Kier molecular flexibility index (Phi) is 5.17. The number of nitrogens with zero attached hydrogens (tertiary/aromatic N) is 2. The molecule has 0 saturated carbocycles. The third-order valence-electron chi connectivity index (χ3n) is 1.71. The number of nitro groups is 1. The quantitative estimate of drug-likeness (QED) is 0.614. The summed E-state index contributed by atoms with van der Waals surface area (Å²) in [5, 5.41) is 21.6. The normalized spacial score (nSPS) is 11.1. The molecule has 0 radical (unpaired) electrons. The second-order valence-electron chi connectivity index (χ2n) is 2.83. The number of aliphatic carboxylic acids is 1. The van der Waals surface area contributed by atoms with Crippen molar-refractivity contribution in [3.63, 3.8) is 0 Å². The van der Waals surface area contributed by atoms with Crippen LogP contribution in [0.15, 0.2) is 18.3 Å². The summed E-state index contributed by atoms with van der Waals surface area (Å²) in [7, 11) is 0. The molecule has 1 atom stereocenters. The lowest BCUT2D eigenvalue weighted by Crippen LogP contribution is -2.26. The number of nitrogens with one attached hydrogen (secondary N) is 1. The number of aromatic nitrogens is 1. The Bertz CT molecular complexity index is 399. The lowest BCUT2D eigenvalue weighted by Gasteiger charge is -2.09. The second kappa shape index (κ2) is 5.86. The van der Waals surface area contributed by atoms with Crippen LogP contribution in [-0.4, -0.2) is 27.0 Å². The Morgan fingerprint density at radius 2 is 2.31 bits per heavy atom. The van der Waals surface area contributed by atoms with Gasteiger partial charge in [-0.05, 0) is 13.0 Å². The van der Waals surface area contributed by atoms with Gasteiger partial charge in [0.2, 0.25) is 5.82 Å². The topological polar surface area (TPSA) is 105 Å². The molecule has 0 unspecified atom stereocenters. The summed E-state index contributed by atoms with van der Waals surface area (Å²) in [5.41, 5.74) is -0.245. The average molecular weight is 248 g/mol. The lowest BCUT2D eigenvalue weighted by molar-refractivity contribution is -0.384. The van der Waals surface area contributed by atoms with E-state index < -0.39 is 16.9 Å². The van der Waals surface area contributed by atoms with Crippen LogP contribution in [0.5, 0.6) is 0 Å². The van der Waals surface area contributed by atoms with Gasteiger partial charge in [-0.15, -0.1) is 12.4 Å². The fourth-order valence-electron chi connectivity index (χ4n) is 0.922. The number of pyridine rings is 1. The first-order chi connectivity index (χ1) is 7.02. The van der Waals surface area contributed by atoms with E-state index in [9.17, 15) is 14.9 Å². The molecule has 2 N–H and O–H groups in total. The second-order valence-corrected chi connectivity index (χ2v) is 2.83. The number of hydrogen-bond acceptors (Lipinski definition) is 5. The predicted octanol–water partition coefficient (Wildman–Crippen LogP) is 1.30. The monoisotopic (exact) mass is 247 g/mol. The molecule has 1 aromatic heterocycles. The number of carboxylic acids is 1. The van der Waals surface area contributed by atoms with E-state index in [4.69, 9.17) is 5.11 Å². The molecular formula is C8H10ClN3O4. The Labute approximate surface area is 97.1 Å². The fourth-order valence-corrected chi connectivity index (χ4v) is 0.922. The maximum absolute atomic E-state index is 10.6. The Morgan fingerprint density at radius 1 is 1.69 bits per heavy atom. The summed E-state index contributed by atoms with van der Waals surface area (Å²) < 4.78 is 0. The molecule has 88 valence electrons. The molecule has 0 spiro atoms. The molecule has 7 nitrogen and oxygen atoms in total. The van der Waals surface area contributed by atoms with Crippen molar-refractivity contribution in [2.75, 3.05) is 5.32 Å². The summed E-state index contributed by atoms with van der Waals surface area (Å²) >= 11 is 0. The molecule has 0 fully saturated rings. The summed E-state index contributed by atoms with van der Waals surface area (Å²) in [6, 6.07) is 1.73. The van der Waals surface area contributed by atoms with E-state index in [2.05, 4.69) is 10.3 Å². The van der Waals surface area contributed by atoms with Gasteiger partial charge in [0.15, 0.2) is 0 Å². The van der Waals surface area contributed by atoms with Crippen LogP contribution in [0.25, 0.3) is 0 Å². The van der Waals surface area contributed by atoms with Crippen molar-refractivity contribution in [3.05, 3.63) is 28.4 Å². The molecule has 8 heteroatoms. The van der Waals surface area contributed by atoms with E-state index in [1.807, 2.05) is 0 Å². The number of rotatable bonds is 4. The number of hydrogen-bond donors (Lipinski definition) is 2. The molecular weight excluding hydrogens is 238 g/mol. The highest BCUT2D eigenvalue weighted by molar-refractivity contribution is 5.85. The van der Waals surface area contributed by atoms with Gasteiger partial charge in [-0.25, -0.2) is 4.98 Å². The molecule has 0 aliphatic carbocycles. The highest BCUT2D eigenvalue weighted by atomic mass is 35.5. The number of anilines is 1. The third kappa shape index (κ3) is 3.35. The van der Waals surface area contributed by atoms with Gasteiger partial charge >= 0.3 is 11.7 Å². The number of halogens is 1. The maximum atomic E-state index is 10.6. The van der Waals surface area contributed by atoms with Crippen LogP contribution >= 0.6 is 12.4 Å². The van der Waals surface area contributed by atoms with Crippen LogP contribution in [0.2, 0.25) is 0 Å². The van der Waals surface area contributed by atoms with Crippen molar-refractivity contribution in [1.82, 2.24) is 4.98 Å². The van der Waals surface area contributed by atoms with Crippen LogP contribution in [0.3, 0.4) is 0 Å². The third-order valence-corrected chi connectivity index (χ3v) is 1.71. The molecule has 0 saturated heterocycles. The minimum absolute atomic E-state index is 0. The minimum atomic E-state index is -1.10. The molecule has 16 heavy (non-hydrogen) atoms. The predicted molar refractivity (Wildman–Crippen MR) is 58.9 cm³/mol. The van der Waals surface area contributed by atoms with Crippen LogP contribution in [0, 0.1) is 10.1 Å². The van der Waals surface area contributed by atoms with Gasteiger partial charge in [-0.2, -0.15) is 0 Å². The van der Waals surface area contributed by atoms with E-state index in [0.29, 0.717) is 0 Å². The van der Waals surface area contributed by atoms with E-state index in [0.717, 1.165) is 0 Å². The fraction of sp³-hybridized carbons (Fsp3) is 0.250. The number of carboxylic acid groups (broad SMARTS) is 1. The highest BCUT2D eigenvalue weighted by Crippen LogP contribution is 2.20. The van der Waals surface area contributed by atoms with Crippen LogP contribution < -0.4 is 5.32 Å². The highest BCUT2D eigenvalue weighted by Gasteiger charge is 2.18. The van der Waals surface area contributed by atoms with Crippen molar-refractivity contribution < 1.29 is 14.8 Å². The van der Waals surface area contributed by atoms with Gasteiger partial charge < -0.3 is 10.4 Å². The van der Waals surface area contributed by atoms with Gasteiger partial charge in [-0.3, -0.25) is 14.9 Å². The van der Waals surface area contributed by atoms with E-state index >= 15 is 0 Å². The maximum Gasteiger partial charge on any atom is 0.325 e. The standard InChI is InChI=1S/C8H9N3O4.ClH/c1-5(8(12)13)10-7-6(11(14)15)3-2-4-9-7;/h2-5H,1H3,(H,9,10)(H,12,13);1H/t5-;/m0./s1. The molecule has 1 aromatic rings. The lowest BCUT2D eigenvalue weighted by atomic mass is 10.3. The van der Waals surface area contributed by atoms with Crippen molar-refractivity contribution >= 4 is 29.9 Å². The van der Waals surface area contributed by atoms with Crippen molar-refractivity contribution in [2.24, 2.45) is 0 Å². The molecule has 0 aliphatic heterocycles. The Morgan fingerprint density at radius 3 is 2.81 bits per heavy atom. The molecule has 0 bridgehead atoms. The van der Waals surface area contributed by atoms with Gasteiger partial charge in [0, 0.05) is 12.3 Å². The van der Waals surface area contributed by atoms with Crippen molar-refractivity contribution in [3.8, 4) is 0 Å². The average Bonchev–Trinajstić information content (AvgIpc) is 2.18. The van der Waals surface area contributed by atoms with Gasteiger partial charge in [0.25, 0.3) is 0 Å². The van der Waals surface area contributed by atoms with Crippen LogP contribution in [0.1, 0.15) is 6.92 Å². The number of carbonyl (C=O) groups is 1. The van der Waals surface area contributed by atoms with Crippen LogP contribution in [-0.2, 0) is 4.79 Å².